The van der Waals surface area contributed by atoms with Crippen molar-refractivity contribution in [3.63, 3.8) is 0 Å². The molecular weight excluding hydrogens is 266 g/mol. The molecule has 0 heterocycles. The van der Waals surface area contributed by atoms with Gasteiger partial charge < -0.3 is 5.11 Å². The van der Waals surface area contributed by atoms with E-state index in [1.165, 1.54) is 12.1 Å². The van der Waals surface area contributed by atoms with E-state index in [0.717, 1.165) is 11.1 Å². The highest BCUT2D eigenvalue weighted by Gasteiger charge is 2.62. The van der Waals surface area contributed by atoms with Gasteiger partial charge >= 0.3 is 5.97 Å². The lowest BCUT2D eigenvalue weighted by Crippen LogP contribution is -2.12. The number of aliphatic carboxylic acids is 1. The SMILES string of the molecule is Cc1cc(S(N)(=O)=O)ccc1C1[C@H](C(=O)O)C1(C)C. The molecule has 2 atom stereocenters. The van der Waals surface area contributed by atoms with Crippen molar-refractivity contribution in [3.8, 4) is 0 Å². The third-order valence-corrected chi connectivity index (χ3v) is 4.91. The summed E-state index contributed by atoms with van der Waals surface area (Å²) in [4.78, 5) is 11.2. The van der Waals surface area contributed by atoms with Crippen LogP contribution in [0.15, 0.2) is 23.1 Å². The standard InChI is InChI=1S/C13H17NO4S/c1-7-6-8(19(14,17)18)4-5-9(7)10-11(12(15)16)13(10,2)3/h4-6,10-11H,1-3H3,(H,15,16)(H2,14,17,18)/t10?,11-/m1/s1. The van der Waals surface area contributed by atoms with Crippen LogP contribution in [-0.4, -0.2) is 19.5 Å². The van der Waals surface area contributed by atoms with Crippen LogP contribution in [0.5, 0.6) is 0 Å². The third kappa shape index (κ3) is 2.26. The molecular formula is C13H17NO4S. The van der Waals surface area contributed by atoms with Crippen molar-refractivity contribution in [2.45, 2.75) is 31.6 Å². The second kappa shape index (κ2) is 4.05. The molecule has 1 saturated carbocycles. The van der Waals surface area contributed by atoms with Gasteiger partial charge in [0.25, 0.3) is 0 Å². The van der Waals surface area contributed by atoms with Gasteiger partial charge in [-0.2, -0.15) is 0 Å². The minimum atomic E-state index is -3.72. The summed E-state index contributed by atoms with van der Waals surface area (Å²) < 4.78 is 22.5. The Balaban J connectivity index is 2.42. The quantitative estimate of drug-likeness (QED) is 0.877. The molecule has 1 fully saturated rings. The molecule has 0 amide bonds. The average Bonchev–Trinajstić information content (AvgIpc) is 2.80. The van der Waals surface area contributed by atoms with Crippen molar-refractivity contribution in [2.75, 3.05) is 0 Å². The van der Waals surface area contributed by atoms with Crippen LogP contribution in [0.1, 0.15) is 30.9 Å². The number of carboxylic acids is 1. The summed E-state index contributed by atoms with van der Waals surface area (Å²) in [5.74, 6) is -1.32. The maximum absolute atomic E-state index is 11.3. The molecule has 104 valence electrons. The zero-order chi connectivity index (χ0) is 14.6. The van der Waals surface area contributed by atoms with Crippen LogP contribution in [-0.2, 0) is 14.8 Å². The maximum atomic E-state index is 11.3. The Kier molecular flexibility index (Phi) is 2.98. The molecule has 1 aromatic carbocycles. The minimum absolute atomic E-state index is 0.0547. The fraction of sp³-hybridized carbons (Fsp3) is 0.462. The van der Waals surface area contributed by atoms with Crippen LogP contribution in [0.25, 0.3) is 0 Å². The van der Waals surface area contributed by atoms with Gasteiger partial charge in [0.1, 0.15) is 0 Å². The summed E-state index contributed by atoms with van der Waals surface area (Å²) in [6.45, 7) is 5.59. The number of hydrogen-bond acceptors (Lipinski definition) is 3. The smallest absolute Gasteiger partial charge is 0.307 e. The van der Waals surface area contributed by atoms with Crippen LogP contribution in [0.2, 0.25) is 0 Å². The van der Waals surface area contributed by atoms with Gasteiger partial charge in [-0.1, -0.05) is 19.9 Å². The van der Waals surface area contributed by atoms with Gasteiger partial charge in [-0.15, -0.1) is 0 Å². The van der Waals surface area contributed by atoms with E-state index in [2.05, 4.69) is 0 Å². The Bertz CT molecular complexity index is 649. The van der Waals surface area contributed by atoms with Crippen molar-refractivity contribution < 1.29 is 18.3 Å². The average molecular weight is 283 g/mol. The molecule has 0 aromatic heterocycles. The second-order valence-electron chi connectivity index (χ2n) is 5.68. The second-order valence-corrected chi connectivity index (χ2v) is 7.24. The number of nitrogens with two attached hydrogens (primary N) is 1. The van der Waals surface area contributed by atoms with Gasteiger partial charge in [-0.05, 0) is 35.6 Å². The topological polar surface area (TPSA) is 97.5 Å². The summed E-state index contributed by atoms with van der Waals surface area (Å²) in [7, 11) is -3.72. The number of primary sulfonamides is 1. The van der Waals surface area contributed by atoms with Crippen LogP contribution in [0, 0.1) is 18.3 Å². The highest BCUT2D eigenvalue weighted by atomic mass is 32.2. The molecule has 1 aliphatic carbocycles. The molecule has 3 N–H and O–H groups in total. The number of carbonyl (C=O) groups is 1. The lowest BCUT2D eigenvalue weighted by Gasteiger charge is -2.08. The van der Waals surface area contributed by atoms with Crippen LogP contribution >= 0.6 is 0 Å². The number of aryl methyl sites for hydroxylation is 1. The van der Waals surface area contributed by atoms with E-state index >= 15 is 0 Å². The van der Waals surface area contributed by atoms with E-state index in [-0.39, 0.29) is 16.2 Å². The Morgan fingerprint density at radius 1 is 1.37 bits per heavy atom. The largest absolute Gasteiger partial charge is 0.481 e. The molecule has 6 heteroatoms. The van der Waals surface area contributed by atoms with Gasteiger partial charge in [-0.3, -0.25) is 4.79 Å². The molecule has 0 bridgehead atoms. The van der Waals surface area contributed by atoms with E-state index in [0.29, 0.717) is 0 Å². The van der Waals surface area contributed by atoms with E-state index in [1.54, 1.807) is 13.0 Å². The number of carboxylic acid groups (broad SMARTS) is 1. The van der Waals surface area contributed by atoms with E-state index < -0.39 is 21.9 Å². The fourth-order valence-corrected chi connectivity index (χ4v) is 3.45. The van der Waals surface area contributed by atoms with Crippen LogP contribution in [0.3, 0.4) is 0 Å². The normalized spacial score (nSPS) is 25.1. The lowest BCUT2D eigenvalue weighted by atomic mass is 9.99. The lowest BCUT2D eigenvalue weighted by molar-refractivity contribution is -0.139. The van der Waals surface area contributed by atoms with Crippen molar-refractivity contribution in [2.24, 2.45) is 16.5 Å². The molecule has 19 heavy (non-hydrogen) atoms. The van der Waals surface area contributed by atoms with Gasteiger partial charge in [0.2, 0.25) is 10.0 Å². The monoisotopic (exact) mass is 283 g/mol. The fourth-order valence-electron chi connectivity index (χ4n) is 2.85. The number of rotatable bonds is 3. The van der Waals surface area contributed by atoms with Crippen molar-refractivity contribution in [3.05, 3.63) is 29.3 Å². The van der Waals surface area contributed by atoms with Gasteiger partial charge in [0.05, 0.1) is 10.8 Å². The first-order valence-electron chi connectivity index (χ1n) is 5.93. The molecule has 0 aliphatic heterocycles. The molecule has 1 aromatic rings. The maximum Gasteiger partial charge on any atom is 0.307 e. The molecule has 2 rings (SSSR count). The summed E-state index contributed by atoms with van der Waals surface area (Å²) in [5.41, 5.74) is 1.33. The molecule has 1 unspecified atom stereocenters. The molecule has 0 saturated heterocycles. The Labute approximate surface area is 112 Å². The Hall–Kier alpha value is -1.40. The molecule has 5 nitrogen and oxygen atoms in total. The highest BCUT2D eigenvalue weighted by molar-refractivity contribution is 7.89. The van der Waals surface area contributed by atoms with Gasteiger partial charge in [0.15, 0.2) is 0 Å². The zero-order valence-electron chi connectivity index (χ0n) is 11.0. The Morgan fingerprint density at radius 3 is 2.32 bits per heavy atom. The predicted octanol–water partition coefficient (Wildman–Crippen LogP) is 1.47. The number of benzene rings is 1. The van der Waals surface area contributed by atoms with Crippen LogP contribution in [0.4, 0.5) is 0 Å². The van der Waals surface area contributed by atoms with E-state index in [1.807, 2.05) is 13.8 Å². The van der Waals surface area contributed by atoms with Crippen LogP contribution < -0.4 is 5.14 Å². The van der Waals surface area contributed by atoms with Gasteiger partial charge in [0, 0.05) is 5.92 Å². The number of hydrogen-bond donors (Lipinski definition) is 2. The first kappa shape index (κ1) is 14.0. The summed E-state index contributed by atoms with van der Waals surface area (Å²) in [6, 6.07) is 4.60. The first-order chi connectivity index (χ1) is 8.56. The van der Waals surface area contributed by atoms with E-state index in [4.69, 9.17) is 5.14 Å². The highest BCUT2D eigenvalue weighted by Crippen LogP contribution is 2.64. The third-order valence-electron chi connectivity index (χ3n) is 4.00. The summed E-state index contributed by atoms with van der Waals surface area (Å²) in [5, 5.41) is 14.3. The molecule has 1 aliphatic rings. The summed E-state index contributed by atoms with van der Waals surface area (Å²) >= 11 is 0. The van der Waals surface area contributed by atoms with Crippen molar-refractivity contribution in [1.82, 2.24) is 0 Å². The predicted molar refractivity (Wildman–Crippen MR) is 70.2 cm³/mol. The van der Waals surface area contributed by atoms with E-state index in [9.17, 15) is 18.3 Å². The molecule has 0 spiro atoms. The zero-order valence-corrected chi connectivity index (χ0v) is 11.9. The van der Waals surface area contributed by atoms with Gasteiger partial charge in [-0.25, -0.2) is 13.6 Å². The first-order valence-corrected chi connectivity index (χ1v) is 7.47. The summed E-state index contributed by atoms with van der Waals surface area (Å²) in [6.07, 6.45) is 0. The minimum Gasteiger partial charge on any atom is -0.481 e. The molecule has 0 radical (unpaired) electrons. The Morgan fingerprint density at radius 2 is 1.95 bits per heavy atom. The number of sulfonamides is 1. The van der Waals surface area contributed by atoms with Crippen molar-refractivity contribution in [1.29, 1.82) is 0 Å². The van der Waals surface area contributed by atoms with Crippen molar-refractivity contribution >= 4 is 16.0 Å².